The molecule has 1 atom stereocenters. The largest absolute Gasteiger partial charge is 0.548 e. The van der Waals surface area contributed by atoms with Crippen molar-refractivity contribution in [2.45, 2.75) is 65.3 Å². The second-order valence-corrected chi connectivity index (χ2v) is 7.13. The van der Waals surface area contributed by atoms with Gasteiger partial charge in [0.25, 0.3) is 5.91 Å². The summed E-state index contributed by atoms with van der Waals surface area (Å²) in [6.45, 7) is 5.43. The van der Waals surface area contributed by atoms with Crippen LogP contribution in [0.4, 0.5) is 0 Å². The maximum absolute atomic E-state index is 12.1. The number of hydrogen-bond acceptors (Lipinski definition) is 6. The highest BCUT2D eigenvalue weighted by molar-refractivity contribution is 5.86. The van der Waals surface area contributed by atoms with Crippen LogP contribution in [-0.4, -0.2) is 24.5 Å². The molecule has 2 aromatic rings. The van der Waals surface area contributed by atoms with E-state index in [2.05, 4.69) is 12.2 Å². The quantitative estimate of drug-likeness (QED) is 0.578. The van der Waals surface area contributed by atoms with Crippen LogP contribution >= 0.6 is 0 Å². The van der Waals surface area contributed by atoms with Crippen molar-refractivity contribution >= 4 is 22.8 Å². The van der Waals surface area contributed by atoms with Crippen molar-refractivity contribution in [2.75, 3.05) is 6.61 Å². The lowest BCUT2D eigenvalue weighted by Crippen LogP contribution is -2.49. The smallest absolute Gasteiger partial charge is 0.336 e. The van der Waals surface area contributed by atoms with Gasteiger partial charge in [0.05, 0.1) is 12.0 Å². The number of carboxylic acids is 1. The predicted octanol–water partition coefficient (Wildman–Crippen LogP) is 2.25. The number of benzene rings is 1. The molecule has 0 bridgehead atoms. The summed E-state index contributed by atoms with van der Waals surface area (Å²) in [5, 5.41) is 14.4. The van der Waals surface area contributed by atoms with Crippen LogP contribution in [0.1, 0.15) is 57.1 Å². The van der Waals surface area contributed by atoms with Gasteiger partial charge in [-0.25, -0.2) is 4.79 Å². The van der Waals surface area contributed by atoms with Gasteiger partial charge in [-0.1, -0.05) is 33.1 Å². The molecule has 0 radical (unpaired) electrons. The molecule has 158 valence electrons. The molecule has 0 spiro atoms. The summed E-state index contributed by atoms with van der Waals surface area (Å²) in [5.41, 5.74) is 1.57. The number of aliphatic carboxylic acids is 1. The Bertz CT molecular complexity index is 917. The van der Waals surface area contributed by atoms with E-state index in [1.165, 1.54) is 6.07 Å². The van der Waals surface area contributed by atoms with Crippen molar-refractivity contribution in [3.05, 3.63) is 39.7 Å². The van der Waals surface area contributed by atoms with E-state index in [4.69, 9.17) is 9.15 Å². The third kappa shape index (κ3) is 6.07. The summed E-state index contributed by atoms with van der Waals surface area (Å²) in [6, 6.07) is 4.02. The molecule has 1 heterocycles. The van der Waals surface area contributed by atoms with Crippen LogP contribution in [0, 0.1) is 6.92 Å². The number of carbonyl (C=O) groups is 2. The van der Waals surface area contributed by atoms with E-state index in [-0.39, 0.29) is 6.61 Å². The molecule has 1 aromatic heterocycles. The Morgan fingerprint density at radius 3 is 2.59 bits per heavy atom. The van der Waals surface area contributed by atoms with Crippen molar-refractivity contribution in [1.29, 1.82) is 0 Å². The highest BCUT2D eigenvalue weighted by Crippen LogP contribution is 2.29. The molecule has 0 aliphatic heterocycles. The zero-order chi connectivity index (χ0) is 21.4. The molecule has 0 saturated heterocycles. The average molecular weight is 402 g/mol. The van der Waals surface area contributed by atoms with Gasteiger partial charge in [0.1, 0.15) is 11.3 Å². The second-order valence-electron chi connectivity index (χ2n) is 7.13. The van der Waals surface area contributed by atoms with E-state index in [1.54, 1.807) is 13.0 Å². The SMILES string of the molecule is CCCCc1cc(=O)oc2c(C)c(OCC(=O)N[C@@H](CCCC)C(=O)[O-])ccc12. The first-order chi connectivity index (χ1) is 13.9. The molecule has 7 nitrogen and oxygen atoms in total. The number of aryl methyl sites for hydroxylation is 2. The first-order valence-electron chi connectivity index (χ1n) is 10.1. The monoisotopic (exact) mass is 402 g/mol. The van der Waals surface area contributed by atoms with Gasteiger partial charge in [-0.15, -0.1) is 0 Å². The Hall–Kier alpha value is -2.83. The number of carbonyl (C=O) groups excluding carboxylic acids is 2. The zero-order valence-electron chi connectivity index (χ0n) is 17.2. The lowest BCUT2D eigenvalue weighted by molar-refractivity contribution is -0.308. The average Bonchev–Trinajstić information content (AvgIpc) is 2.69. The van der Waals surface area contributed by atoms with Gasteiger partial charge < -0.3 is 24.4 Å². The molecule has 1 aromatic carbocycles. The third-order valence-electron chi connectivity index (χ3n) is 4.82. The normalized spacial score (nSPS) is 12.0. The Labute approximate surface area is 170 Å². The van der Waals surface area contributed by atoms with Crippen LogP contribution < -0.4 is 20.8 Å². The Kier molecular flexibility index (Phi) is 8.24. The summed E-state index contributed by atoms with van der Waals surface area (Å²) in [5.74, 6) is -1.45. The number of hydrogen-bond donors (Lipinski definition) is 1. The summed E-state index contributed by atoms with van der Waals surface area (Å²) in [7, 11) is 0. The lowest BCUT2D eigenvalue weighted by atomic mass is 10.0. The third-order valence-corrected chi connectivity index (χ3v) is 4.82. The topological polar surface area (TPSA) is 109 Å². The van der Waals surface area contributed by atoms with Crippen molar-refractivity contribution in [1.82, 2.24) is 5.32 Å². The number of unbranched alkanes of at least 4 members (excludes halogenated alkanes) is 2. The molecule has 2 rings (SSSR count). The first-order valence-corrected chi connectivity index (χ1v) is 10.1. The van der Waals surface area contributed by atoms with Gasteiger partial charge in [0.15, 0.2) is 6.61 Å². The lowest BCUT2D eigenvalue weighted by Gasteiger charge is -2.19. The van der Waals surface area contributed by atoms with E-state index in [0.717, 1.165) is 36.6 Å². The van der Waals surface area contributed by atoms with E-state index in [1.807, 2.05) is 13.0 Å². The van der Waals surface area contributed by atoms with Crippen molar-refractivity contribution in [2.24, 2.45) is 0 Å². The second kappa shape index (κ2) is 10.6. The fourth-order valence-corrected chi connectivity index (χ4v) is 3.17. The predicted molar refractivity (Wildman–Crippen MR) is 108 cm³/mol. The van der Waals surface area contributed by atoms with Crippen LogP contribution in [0.25, 0.3) is 11.0 Å². The Morgan fingerprint density at radius 2 is 1.93 bits per heavy atom. The summed E-state index contributed by atoms with van der Waals surface area (Å²) in [4.78, 5) is 35.2. The van der Waals surface area contributed by atoms with E-state index in [0.29, 0.717) is 29.7 Å². The molecule has 7 heteroatoms. The van der Waals surface area contributed by atoms with Crippen LogP contribution in [0.15, 0.2) is 27.4 Å². The molecule has 1 amide bonds. The number of ether oxygens (including phenoxy) is 1. The highest BCUT2D eigenvalue weighted by atomic mass is 16.5. The first kappa shape index (κ1) is 22.5. The molecule has 0 fully saturated rings. The van der Waals surface area contributed by atoms with Crippen molar-refractivity contribution in [3.63, 3.8) is 0 Å². The van der Waals surface area contributed by atoms with Crippen LogP contribution in [0.2, 0.25) is 0 Å². The number of amides is 1. The maximum atomic E-state index is 12.1. The van der Waals surface area contributed by atoms with Gasteiger partial charge in [-0.2, -0.15) is 0 Å². The summed E-state index contributed by atoms with van der Waals surface area (Å²) >= 11 is 0. The number of nitrogens with one attached hydrogen (secondary N) is 1. The van der Waals surface area contributed by atoms with Gasteiger partial charge in [-0.05, 0) is 43.9 Å². The molecule has 0 aliphatic rings. The molecule has 0 unspecified atom stereocenters. The fraction of sp³-hybridized carbons (Fsp3) is 0.500. The van der Waals surface area contributed by atoms with Crippen molar-refractivity contribution < 1.29 is 23.8 Å². The minimum Gasteiger partial charge on any atom is -0.548 e. The molecular weight excluding hydrogens is 374 g/mol. The molecule has 0 aliphatic carbocycles. The van der Waals surface area contributed by atoms with E-state index < -0.39 is 23.5 Å². The van der Waals surface area contributed by atoms with Gasteiger partial charge in [0, 0.05) is 17.0 Å². The minimum atomic E-state index is -1.31. The number of rotatable bonds is 11. The Balaban J connectivity index is 2.14. The highest BCUT2D eigenvalue weighted by Gasteiger charge is 2.16. The number of carboxylic acid groups (broad SMARTS) is 1. The van der Waals surface area contributed by atoms with Gasteiger partial charge >= 0.3 is 5.63 Å². The van der Waals surface area contributed by atoms with E-state index >= 15 is 0 Å². The molecule has 1 N–H and O–H groups in total. The van der Waals surface area contributed by atoms with E-state index in [9.17, 15) is 19.5 Å². The standard InChI is InChI=1S/C22H29NO6/c1-4-6-8-15-12-20(25)29-21-14(3)18(11-10-16(15)21)28-13-19(24)23-17(22(26)27)9-7-5-2/h10-12,17H,4-9,13H2,1-3H3,(H,23,24)(H,26,27)/p-1/t17-/m0/s1. The van der Waals surface area contributed by atoms with Gasteiger partial charge in [0.2, 0.25) is 0 Å². The Morgan fingerprint density at radius 1 is 1.21 bits per heavy atom. The molecule has 0 saturated carbocycles. The molecule has 29 heavy (non-hydrogen) atoms. The number of fused-ring (bicyclic) bond motifs is 1. The minimum absolute atomic E-state index is 0.311. The van der Waals surface area contributed by atoms with Gasteiger partial charge in [-0.3, -0.25) is 4.79 Å². The van der Waals surface area contributed by atoms with Crippen LogP contribution in [0.3, 0.4) is 0 Å². The van der Waals surface area contributed by atoms with Crippen LogP contribution in [0.5, 0.6) is 5.75 Å². The summed E-state index contributed by atoms with van der Waals surface area (Å²) < 4.78 is 10.9. The fourth-order valence-electron chi connectivity index (χ4n) is 3.17. The summed E-state index contributed by atoms with van der Waals surface area (Å²) in [6.07, 6.45) is 4.56. The molecular formula is C22H28NO6-. The van der Waals surface area contributed by atoms with Crippen molar-refractivity contribution in [3.8, 4) is 5.75 Å². The zero-order valence-corrected chi connectivity index (χ0v) is 17.2. The maximum Gasteiger partial charge on any atom is 0.336 e. The van der Waals surface area contributed by atoms with Crippen LogP contribution in [-0.2, 0) is 16.0 Å².